The van der Waals surface area contributed by atoms with Gasteiger partial charge in [0.25, 0.3) is 11.3 Å². The number of aromatic nitrogens is 4. The molecule has 0 aliphatic heterocycles. The standard InChI is InChI=1S/C29H20ClF4N5O4/c1-2-28(29(32,33)34,43-27(40)19-6-10-21(11-7-19)39(41)42)25-16-38(37-36-25)15-17-3-12-22-23(14-26(30)35-24(22)13-17)18-4-8-20(31)9-5-18/h3-14,16H,2,15H2,1H3/t28-/m0/s1. The molecule has 0 radical (unpaired) electrons. The van der Waals surface area contributed by atoms with Crippen LogP contribution in [0.5, 0.6) is 0 Å². The lowest BCUT2D eigenvalue weighted by molar-refractivity contribution is -0.384. The number of esters is 1. The Kier molecular flexibility index (Phi) is 7.84. The number of nitrogens with zero attached hydrogens (tertiary/aromatic N) is 5. The molecule has 0 aliphatic rings. The third-order valence-electron chi connectivity index (χ3n) is 6.83. The molecular formula is C29H20ClF4N5O4. The number of carbonyl (C=O) groups excluding carboxylic acids is 1. The van der Waals surface area contributed by atoms with Gasteiger partial charge in [-0.1, -0.05) is 48.0 Å². The van der Waals surface area contributed by atoms with E-state index in [1.54, 1.807) is 36.4 Å². The maximum Gasteiger partial charge on any atom is 0.434 e. The molecule has 220 valence electrons. The van der Waals surface area contributed by atoms with Crippen LogP contribution in [0, 0.1) is 15.9 Å². The molecule has 9 nitrogen and oxygen atoms in total. The molecule has 3 aromatic carbocycles. The number of pyridine rings is 1. The molecule has 0 saturated heterocycles. The fourth-order valence-electron chi connectivity index (χ4n) is 4.60. The van der Waals surface area contributed by atoms with Gasteiger partial charge in [0.1, 0.15) is 16.7 Å². The average Bonchev–Trinajstić information content (AvgIpc) is 3.43. The molecule has 0 N–H and O–H groups in total. The average molecular weight is 614 g/mol. The molecule has 2 heterocycles. The van der Waals surface area contributed by atoms with Crippen LogP contribution in [0.1, 0.15) is 35.0 Å². The first-order valence-electron chi connectivity index (χ1n) is 12.7. The Balaban J connectivity index is 1.44. The normalized spacial score (nSPS) is 13.1. The monoisotopic (exact) mass is 613 g/mol. The van der Waals surface area contributed by atoms with Crippen molar-refractivity contribution in [3.8, 4) is 11.1 Å². The van der Waals surface area contributed by atoms with Gasteiger partial charge in [-0.25, -0.2) is 18.9 Å². The van der Waals surface area contributed by atoms with E-state index in [1.807, 2.05) is 0 Å². The van der Waals surface area contributed by atoms with Crippen molar-refractivity contribution < 1.29 is 32.0 Å². The zero-order valence-electron chi connectivity index (χ0n) is 22.2. The topological polar surface area (TPSA) is 113 Å². The van der Waals surface area contributed by atoms with Crippen molar-refractivity contribution >= 4 is 34.2 Å². The van der Waals surface area contributed by atoms with Crippen molar-refractivity contribution in [2.75, 3.05) is 0 Å². The third kappa shape index (κ3) is 5.89. The van der Waals surface area contributed by atoms with Gasteiger partial charge < -0.3 is 4.74 Å². The predicted molar refractivity (Wildman–Crippen MR) is 148 cm³/mol. The highest BCUT2D eigenvalue weighted by atomic mass is 35.5. The summed E-state index contributed by atoms with van der Waals surface area (Å²) >= 11 is 6.25. The van der Waals surface area contributed by atoms with Crippen molar-refractivity contribution in [1.29, 1.82) is 0 Å². The number of hydrogen-bond donors (Lipinski definition) is 0. The number of ether oxygens (including phenoxy) is 1. The van der Waals surface area contributed by atoms with Crippen LogP contribution < -0.4 is 0 Å². The minimum Gasteiger partial charge on any atom is -0.439 e. The summed E-state index contributed by atoms with van der Waals surface area (Å²) in [6, 6.07) is 16.7. The molecule has 0 amide bonds. The zero-order chi connectivity index (χ0) is 30.9. The van der Waals surface area contributed by atoms with Gasteiger partial charge in [0, 0.05) is 17.5 Å². The van der Waals surface area contributed by atoms with E-state index in [2.05, 4.69) is 15.3 Å². The minimum atomic E-state index is -5.07. The third-order valence-corrected chi connectivity index (χ3v) is 7.03. The Labute approximate surface area is 245 Å². The van der Waals surface area contributed by atoms with Crippen LogP contribution in [0.2, 0.25) is 5.15 Å². The fraction of sp³-hybridized carbons (Fsp3) is 0.172. The SMILES string of the molecule is CC[C@](OC(=O)c1ccc([N+](=O)[O-])cc1)(c1cn(Cc2ccc3c(-c4ccc(F)cc4)cc(Cl)nc3c2)nn1)C(F)(F)F. The summed E-state index contributed by atoms with van der Waals surface area (Å²) in [6.07, 6.45) is -4.74. The smallest absolute Gasteiger partial charge is 0.434 e. The highest BCUT2D eigenvalue weighted by Gasteiger charge is 2.60. The molecule has 5 rings (SSSR count). The number of hydrogen-bond acceptors (Lipinski definition) is 7. The Morgan fingerprint density at radius 1 is 1.05 bits per heavy atom. The van der Waals surface area contributed by atoms with E-state index in [4.69, 9.17) is 16.3 Å². The lowest BCUT2D eigenvalue weighted by Gasteiger charge is -2.32. The van der Waals surface area contributed by atoms with Gasteiger partial charge in [0.2, 0.25) is 0 Å². The highest BCUT2D eigenvalue weighted by molar-refractivity contribution is 6.30. The number of halogens is 5. The Morgan fingerprint density at radius 2 is 1.74 bits per heavy atom. The van der Waals surface area contributed by atoms with E-state index < -0.39 is 34.8 Å². The second-order valence-electron chi connectivity index (χ2n) is 9.52. The van der Waals surface area contributed by atoms with E-state index in [1.165, 1.54) is 19.1 Å². The highest BCUT2D eigenvalue weighted by Crippen LogP contribution is 2.44. The second kappa shape index (κ2) is 11.4. The molecular weight excluding hydrogens is 594 g/mol. The summed E-state index contributed by atoms with van der Waals surface area (Å²) in [5, 5.41) is 19.3. The fourth-order valence-corrected chi connectivity index (χ4v) is 4.80. The van der Waals surface area contributed by atoms with E-state index >= 15 is 0 Å². The van der Waals surface area contributed by atoms with E-state index in [0.29, 0.717) is 11.1 Å². The number of rotatable bonds is 8. The molecule has 2 aromatic heterocycles. The number of benzene rings is 3. The molecule has 0 bridgehead atoms. The first kappa shape index (κ1) is 29.6. The summed E-state index contributed by atoms with van der Waals surface area (Å²) in [5.41, 5.74) is -1.86. The molecule has 0 aliphatic carbocycles. The van der Waals surface area contributed by atoms with Crippen LogP contribution in [0.3, 0.4) is 0 Å². The Morgan fingerprint density at radius 3 is 2.37 bits per heavy atom. The van der Waals surface area contributed by atoms with Gasteiger partial charge in [-0.3, -0.25) is 10.1 Å². The first-order chi connectivity index (χ1) is 20.4. The van der Waals surface area contributed by atoms with E-state index in [9.17, 15) is 32.5 Å². The Hall–Kier alpha value is -4.91. The number of alkyl halides is 3. The minimum absolute atomic E-state index is 0.00301. The lowest BCUT2D eigenvalue weighted by Crippen LogP contribution is -2.46. The Bertz CT molecular complexity index is 1830. The largest absolute Gasteiger partial charge is 0.439 e. The molecule has 0 saturated carbocycles. The quantitative estimate of drug-likeness (QED) is 0.0595. The summed E-state index contributed by atoms with van der Waals surface area (Å²) in [5.74, 6) is -1.72. The van der Waals surface area contributed by atoms with Crippen LogP contribution in [-0.2, 0) is 16.9 Å². The number of non-ortho nitro benzene ring substituents is 1. The van der Waals surface area contributed by atoms with Crippen molar-refractivity contribution in [2.24, 2.45) is 0 Å². The number of nitro groups is 1. The first-order valence-corrected chi connectivity index (χ1v) is 13.1. The number of nitro benzene ring substituents is 1. The summed E-state index contributed by atoms with van der Waals surface area (Å²) < 4.78 is 63.0. The molecule has 5 aromatic rings. The van der Waals surface area contributed by atoms with Crippen LogP contribution in [0.4, 0.5) is 23.2 Å². The van der Waals surface area contributed by atoms with E-state index in [0.717, 1.165) is 51.7 Å². The van der Waals surface area contributed by atoms with Crippen molar-refractivity contribution in [3.63, 3.8) is 0 Å². The van der Waals surface area contributed by atoms with Gasteiger partial charge in [-0.05, 0) is 59.5 Å². The van der Waals surface area contributed by atoms with Crippen molar-refractivity contribution in [2.45, 2.75) is 31.7 Å². The zero-order valence-corrected chi connectivity index (χ0v) is 22.9. The summed E-state index contributed by atoms with van der Waals surface area (Å²) in [4.78, 5) is 27.3. The molecule has 0 unspecified atom stereocenters. The summed E-state index contributed by atoms with van der Waals surface area (Å²) in [7, 11) is 0. The van der Waals surface area contributed by atoms with Gasteiger partial charge in [0.15, 0.2) is 0 Å². The van der Waals surface area contributed by atoms with Gasteiger partial charge in [-0.2, -0.15) is 13.2 Å². The molecule has 43 heavy (non-hydrogen) atoms. The maximum atomic E-state index is 14.5. The van der Waals surface area contributed by atoms with Gasteiger partial charge in [-0.15, -0.1) is 5.10 Å². The van der Waals surface area contributed by atoms with Gasteiger partial charge in [0.05, 0.1) is 28.7 Å². The second-order valence-corrected chi connectivity index (χ2v) is 9.91. The van der Waals surface area contributed by atoms with Crippen LogP contribution in [-0.4, -0.2) is 37.0 Å². The molecule has 14 heteroatoms. The van der Waals surface area contributed by atoms with Crippen LogP contribution >= 0.6 is 11.6 Å². The van der Waals surface area contributed by atoms with Crippen molar-refractivity contribution in [3.05, 3.63) is 117 Å². The van der Waals surface area contributed by atoms with Gasteiger partial charge >= 0.3 is 12.1 Å². The number of fused-ring (bicyclic) bond motifs is 1. The number of carbonyl (C=O) groups is 1. The van der Waals surface area contributed by atoms with Crippen LogP contribution in [0.15, 0.2) is 79.0 Å². The summed E-state index contributed by atoms with van der Waals surface area (Å²) in [6.45, 7) is 1.18. The molecule has 1 atom stereocenters. The molecule has 0 spiro atoms. The molecule has 0 fully saturated rings. The van der Waals surface area contributed by atoms with E-state index in [-0.39, 0.29) is 28.8 Å². The van der Waals surface area contributed by atoms with Crippen LogP contribution in [0.25, 0.3) is 22.0 Å². The lowest BCUT2D eigenvalue weighted by atomic mass is 9.95. The van der Waals surface area contributed by atoms with Crippen molar-refractivity contribution in [1.82, 2.24) is 20.0 Å². The maximum absolute atomic E-state index is 14.5. The predicted octanol–water partition coefficient (Wildman–Crippen LogP) is 7.27.